The molecule has 0 saturated heterocycles. The number of hydrogen-bond donors (Lipinski definition) is 1. The molecule has 0 heterocycles. The number of carboxylic acid groups (broad SMARTS) is 1. The average molecular weight is 437 g/mol. The lowest BCUT2D eigenvalue weighted by Crippen LogP contribution is -2.34. The van der Waals surface area contributed by atoms with E-state index in [0.29, 0.717) is 19.7 Å². The third-order valence-corrected chi connectivity index (χ3v) is 4.71. The highest BCUT2D eigenvalue weighted by Gasteiger charge is 2.20. The number of aromatic carboxylic acids is 1. The molecule has 0 aliphatic heterocycles. The van der Waals surface area contributed by atoms with Gasteiger partial charge in [-0.15, -0.1) is 0 Å². The molecule has 166 valence electrons. The van der Waals surface area contributed by atoms with Crippen LogP contribution in [0.25, 0.3) is 0 Å². The van der Waals surface area contributed by atoms with Crippen LogP contribution in [0, 0.1) is 5.82 Å². The van der Waals surface area contributed by atoms with E-state index in [4.69, 9.17) is 9.47 Å². The molecule has 32 heavy (non-hydrogen) atoms. The SMILES string of the molecule is CCOc1ccc(CN(Cc2ccccc2)C(=O)COc2c(F)cccc2C(=O)O)cc1. The minimum Gasteiger partial charge on any atom is -0.494 e. The maximum absolute atomic E-state index is 14.1. The summed E-state index contributed by atoms with van der Waals surface area (Å²) in [4.78, 5) is 25.9. The third kappa shape index (κ3) is 6.07. The Morgan fingerprint density at radius 1 is 0.875 bits per heavy atom. The van der Waals surface area contributed by atoms with Gasteiger partial charge in [0.2, 0.25) is 0 Å². The van der Waals surface area contributed by atoms with Crippen LogP contribution in [0.15, 0.2) is 72.8 Å². The zero-order chi connectivity index (χ0) is 22.9. The molecule has 1 N–H and O–H groups in total. The number of carboxylic acids is 1. The van der Waals surface area contributed by atoms with Crippen molar-refractivity contribution < 1.29 is 28.6 Å². The van der Waals surface area contributed by atoms with Crippen molar-refractivity contribution in [1.82, 2.24) is 4.90 Å². The van der Waals surface area contributed by atoms with Crippen molar-refractivity contribution in [3.05, 3.63) is 95.3 Å². The van der Waals surface area contributed by atoms with Crippen molar-refractivity contribution in [3.8, 4) is 11.5 Å². The molecule has 3 aromatic rings. The molecule has 0 aliphatic rings. The van der Waals surface area contributed by atoms with E-state index in [1.54, 1.807) is 4.90 Å². The minimum absolute atomic E-state index is 0.298. The van der Waals surface area contributed by atoms with E-state index in [1.807, 2.05) is 61.5 Å². The van der Waals surface area contributed by atoms with E-state index in [0.717, 1.165) is 22.9 Å². The second kappa shape index (κ2) is 10.9. The van der Waals surface area contributed by atoms with Gasteiger partial charge >= 0.3 is 5.97 Å². The van der Waals surface area contributed by atoms with Gasteiger partial charge in [0, 0.05) is 13.1 Å². The molecule has 1 amide bonds. The van der Waals surface area contributed by atoms with Gasteiger partial charge in [0.1, 0.15) is 11.3 Å². The number of carbonyl (C=O) groups is 2. The summed E-state index contributed by atoms with van der Waals surface area (Å²) >= 11 is 0. The first kappa shape index (κ1) is 22.8. The Morgan fingerprint density at radius 3 is 2.16 bits per heavy atom. The molecule has 7 heteroatoms. The van der Waals surface area contributed by atoms with Gasteiger partial charge in [-0.2, -0.15) is 0 Å². The Morgan fingerprint density at radius 2 is 1.53 bits per heavy atom. The van der Waals surface area contributed by atoms with Gasteiger partial charge in [-0.25, -0.2) is 9.18 Å². The fourth-order valence-corrected chi connectivity index (χ4v) is 3.16. The summed E-state index contributed by atoms with van der Waals surface area (Å²) in [6.07, 6.45) is 0. The van der Waals surface area contributed by atoms with Gasteiger partial charge in [-0.1, -0.05) is 48.5 Å². The molecular weight excluding hydrogens is 413 g/mol. The Kier molecular flexibility index (Phi) is 7.80. The quantitative estimate of drug-likeness (QED) is 0.504. The smallest absolute Gasteiger partial charge is 0.339 e. The van der Waals surface area contributed by atoms with Gasteiger partial charge in [-0.05, 0) is 42.3 Å². The lowest BCUT2D eigenvalue weighted by atomic mass is 10.1. The fourth-order valence-electron chi connectivity index (χ4n) is 3.16. The van der Waals surface area contributed by atoms with Crippen LogP contribution in [0.5, 0.6) is 11.5 Å². The standard InChI is InChI=1S/C25H24FNO5/c1-2-31-20-13-11-19(12-14-20)16-27(15-18-7-4-3-5-8-18)23(28)17-32-24-21(25(29)30)9-6-10-22(24)26/h3-14H,2,15-17H2,1H3,(H,29,30). The maximum Gasteiger partial charge on any atom is 0.339 e. The lowest BCUT2D eigenvalue weighted by Gasteiger charge is -2.23. The minimum atomic E-state index is -1.33. The monoisotopic (exact) mass is 437 g/mol. The van der Waals surface area contributed by atoms with Crippen LogP contribution < -0.4 is 9.47 Å². The van der Waals surface area contributed by atoms with Crippen LogP contribution in [0.1, 0.15) is 28.4 Å². The predicted molar refractivity (Wildman–Crippen MR) is 117 cm³/mol. The zero-order valence-corrected chi connectivity index (χ0v) is 17.7. The molecule has 0 aromatic heterocycles. The summed E-state index contributed by atoms with van der Waals surface area (Å²) in [6.45, 7) is 2.58. The van der Waals surface area contributed by atoms with E-state index in [-0.39, 0.29) is 5.56 Å². The molecule has 6 nitrogen and oxygen atoms in total. The highest BCUT2D eigenvalue weighted by molar-refractivity contribution is 5.91. The highest BCUT2D eigenvalue weighted by atomic mass is 19.1. The van der Waals surface area contributed by atoms with E-state index in [9.17, 15) is 19.1 Å². The van der Waals surface area contributed by atoms with Crippen molar-refractivity contribution in [2.24, 2.45) is 0 Å². The van der Waals surface area contributed by atoms with Gasteiger partial charge < -0.3 is 19.5 Å². The van der Waals surface area contributed by atoms with Crippen molar-refractivity contribution >= 4 is 11.9 Å². The van der Waals surface area contributed by atoms with Crippen LogP contribution in [0.2, 0.25) is 0 Å². The molecule has 0 aliphatic carbocycles. The molecular formula is C25H24FNO5. The first-order valence-electron chi connectivity index (χ1n) is 10.2. The maximum atomic E-state index is 14.1. The number of amides is 1. The second-order valence-electron chi connectivity index (χ2n) is 7.02. The Hall–Kier alpha value is -3.87. The normalized spacial score (nSPS) is 10.4. The highest BCUT2D eigenvalue weighted by Crippen LogP contribution is 2.23. The van der Waals surface area contributed by atoms with E-state index < -0.39 is 30.1 Å². The first-order chi connectivity index (χ1) is 15.5. The van der Waals surface area contributed by atoms with Crippen LogP contribution in [-0.2, 0) is 17.9 Å². The summed E-state index contributed by atoms with van der Waals surface area (Å²) in [5.74, 6) is -2.28. The largest absolute Gasteiger partial charge is 0.494 e. The molecule has 0 unspecified atom stereocenters. The van der Waals surface area contributed by atoms with Gasteiger partial charge in [0.25, 0.3) is 5.91 Å². The molecule has 3 aromatic carbocycles. The first-order valence-corrected chi connectivity index (χ1v) is 10.2. The summed E-state index contributed by atoms with van der Waals surface area (Å²) in [5, 5.41) is 9.26. The summed E-state index contributed by atoms with van der Waals surface area (Å²) in [6, 6.07) is 20.5. The number of carbonyl (C=O) groups excluding carboxylic acids is 1. The van der Waals surface area contributed by atoms with E-state index in [1.165, 1.54) is 12.1 Å². The summed E-state index contributed by atoms with van der Waals surface area (Å²) in [5.41, 5.74) is 1.47. The third-order valence-electron chi connectivity index (χ3n) is 4.71. The van der Waals surface area contributed by atoms with Gasteiger partial charge in [-0.3, -0.25) is 4.79 Å². The second-order valence-corrected chi connectivity index (χ2v) is 7.02. The van der Waals surface area contributed by atoms with Crippen molar-refractivity contribution in [2.75, 3.05) is 13.2 Å². The number of halogens is 1. The number of hydrogen-bond acceptors (Lipinski definition) is 4. The van der Waals surface area contributed by atoms with Crippen molar-refractivity contribution in [1.29, 1.82) is 0 Å². The number of benzene rings is 3. The molecule has 0 saturated carbocycles. The summed E-state index contributed by atoms with van der Waals surface area (Å²) < 4.78 is 24.9. The fraction of sp³-hybridized carbons (Fsp3) is 0.200. The molecule has 0 fully saturated rings. The van der Waals surface area contributed by atoms with Crippen molar-refractivity contribution in [3.63, 3.8) is 0 Å². The topological polar surface area (TPSA) is 76.1 Å². The van der Waals surface area contributed by atoms with Crippen LogP contribution in [-0.4, -0.2) is 35.1 Å². The number of para-hydroxylation sites is 1. The number of rotatable bonds is 10. The molecule has 0 spiro atoms. The Labute approximate surface area is 185 Å². The van der Waals surface area contributed by atoms with Crippen LogP contribution >= 0.6 is 0 Å². The van der Waals surface area contributed by atoms with Gasteiger partial charge in [0.05, 0.1) is 6.61 Å². The Bertz CT molecular complexity index is 1050. The molecule has 0 radical (unpaired) electrons. The number of nitrogens with zero attached hydrogens (tertiary/aromatic N) is 1. The van der Waals surface area contributed by atoms with Crippen LogP contribution in [0.4, 0.5) is 4.39 Å². The lowest BCUT2D eigenvalue weighted by molar-refractivity contribution is -0.134. The number of ether oxygens (including phenoxy) is 2. The predicted octanol–water partition coefficient (Wildman–Crippen LogP) is 4.53. The zero-order valence-electron chi connectivity index (χ0n) is 17.7. The molecule has 3 rings (SSSR count). The van der Waals surface area contributed by atoms with Crippen LogP contribution in [0.3, 0.4) is 0 Å². The molecule has 0 atom stereocenters. The average Bonchev–Trinajstić information content (AvgIpc) is 2.79. The Balaban J connectivity index is 1.77. The van der Waals surface area contributed by atoms with Gasteiger partial charge in [0.15, 0.2) is 18.2 Å². The van der Waals surface area contributed by atoms with E-state index >= 15 is 0 Å². The van der Waals surface area contributed by atoms with Crippen molar-refractivity contribution in [2.45, 2.75) is 20.0 Å². The molecule has 0 bridgehead atoms. The summed E-state index contributed by atoms with van der Waals surface area (Å²) in [7, 11) is 0. The van der Waals surface area contributed by atoms with E-state index in [2.05, 4.69) is 0 Å².